The van der Waals surface area contributed by atoms with E-state index in [0.29, 0.717) is 5.56 Å². The standard InChI is InChI=1S/C12H14N4O/c1-8-9(2)15-16(3)11(8)14-12(17)10-5-4-6-13-7-10/h4-7H,1-3H3,(H,14,17). The SMILES string of the molecule is Cc1nn(C)c(NC(=O)c2cccnc2)c1C. The number of carbonyl (C=O) groups is 1. The van der Waals surface area contributed by atoms with E-state index in [1.807, 2.05) is 13.8 Å². The Hall–Kier alpha value is -2.17. The summed E-state index contributed by atoms with van der Waals surface area (Å²) in [5.41, 5.74) is 2.42. The number of aromatic nitrogens is 3. The molecule has 0 atom stereocenters. The van der Waals surface area contributed by atoms with E-state index in [-0.39, 0.29) is 5.91 Å². The Labute approximate surface area is 99.5 Å². The molecule has 0 aromatic carbocycles. The Morgan fingerprint density at radius 1 is 1.41 bits per heavy atom. The van der Waals surface area contributed by atoms with Crippen molar-refractivity contribution in [3.8, 4) is 0 Å². The monoisotopic (exact) mass is 230 g/mol. The molecule has 0 radical (unpaired) electrons. The van der Waals surface area contributed by atoms with Crippen LogP contribution in [0.4, 0.5) is 5.82 Å². The largest absolute Gasteiger partial charge is 0.307 e. The lowest BCUT2D eigenvalue weighted by Gasteiger charge is -2.06. The minimum Gasteiger partial charge on any atom is -0.307 e. The maximum absolute atomic E-state index is 11.9. The van der Waals surface area contributed by atoms with Crippen molar-refractivity contribution >= 4 is 11.7 Å². The van der Waals surface area contributed by atoms with Crippen LogP contribution in [0.5, 0.6) is 0 Å². The summed E-state index contributed by atoms with van der Waals surface area (Å²) >= 11 is 0. The van der Waals surface area contributed by atoms with Crippen LogP contribution in [0.25, 0.3) is 0 Å². The van der Waals surface area contributed by atoms with Crippen molar-refractivity contribution in [3.63, 3.8) is 0 Å². The van der Waals surface area contributed by atoms with Gasteiger partial charge in [0.2, 0.25) is 0 Å². The van der Waals surface area contributed by atoms with E-state index in [9.17, 15) is 4.79 Å². The zero-order valence-electron chi connectivity index (χ0n) is 10.1. The molecule has 0 saturated heterocycles. The van der Waals surface area contributed by atoms with Gasteiger partial charge in [-0.15, -0.1) is 0 Å². The van der Waals surface area contributed by atoms with Gasteiger partial charge in [0.05, 0.1) is 11.3 Å². The molecule has 2 aromatic heterocycles. The van der Waals surface area contributed by atoms with E-state index in [1.165, 1.54) is 6.20 Å². The van der Waals surface area contributed by atoms with Crippen molar-refractivity contribution in [3.05, 3.63) is 41.3 Å². The molecule has 17 heavy (non-hydrogen) atoms. The van der Waals surface area contributed by atoms with Crippen molar-refractivity contribution in [2.45, 2.75) is 13.8 Å². The molecule has 2 heterocycles. The van der Waals surface area contributed by atoms with Gasteiger partial charge in [0.1, 0.15) is 5.82 Å². The first kappa shape index (κ1) is 11.3. The Balaban J connectivity index is 2.25. The summed E-state index contributed by atoms with van der Waals surface area (Å²) in [4.78, 5) is 15.8. The van der Waals surface area contributed by atoms with Crippen LogP contribution in [0.2, 0.25) is 0 Å². The number of rotatable bonds is 2. The lowest BCUT2D eigenvalue weighted by Crippen LogP contribution is -2.15. The van der Waals surface area contributed by atoms with Crippen molar-refractivity contribution in [1.29, 1.82) is 0 Å². The first-order valence-electron chi connectivity index (χ1n) is 5.31. The summed E-state index contributed by atoms with van der Waals surface area (Å²) in [6.45, 7) is 3.84. The summed E-state index contributed by atoms with van der Waals surface area (Å²) in [6.07, 6.45) is 3.17. The molecule has 1 amide bonds. The van der Waals surface area contributed by atoms with Crippen LogP contribution in [0.3, 0.4) is 0 Å². The van der Waals surface area contributed by atoms with Crippen LogP contribution in [0, 0.1) is 13.8 Å². The molecule has 0 spiro atoms. The van der Waals surface area contributed by atoms with Crippen molar-refractivity contribution in [2.75, 3.05) is 5.32 Å². The van der Waals surface area contributed by atoms with E-state index in [4.69, 9.17) is 0 Å². The topological polar surface area (TPSA) is 59.8 Å². The second-order valence-corrected chi connectivity index (χ2v) is 3.88. The number of nitrogens with zero attached hydrogens (tertiary/aromatic N) is 3. The molecule has 0 unspecified atom stereocenters. The number of amides is 1. The third-order valence-corrected chi connectivity index (χ3v) is 2.68. The highest BCUT2D eigenvalue weighted by atomic mass is 16.1. The van der Waals surface area contributed by atoms with E-state index < -0.39 is 0 Å². The predicted molar refractivity (Wildman–Crippen MR) is 64.9 cm³/mol. The summed E-state index contributed by atoms with van der Waals surface area (Å²) in [5.74, 6) is 0.542. The van der Waals surface area contributed by atoms with Gasteiger partial charge in [-0.1, -0.05) is 0 Å². The molecule has 0 aliphatic carbocycles. The van der Waals surface area contributed by atoms with Gasteiger partial charge in [0.25, 0.3) is 5.91 Å². The van der Waals surface area contributed by atoms with Crippen LogP contribution in [-0.4, -0.2) is 20.7 Å². The molecule has 2 aromatic rings. The van der Waals surface area contributed by atoms with Crippen LogP contribution >= 0.6 is 0 Å². The fraction of sp³-hybridized carbons (Fsp3) is 0.250. The number of hydrogen-bond donors (Lipinski definition) is 1. The van der Waals surface area contributed by atoms with Crippen LogP contribution in [0.15, 0.2) is 24.5 Å². The van der Waals surface area contributed by atoms with Crippen LogP contribution in [-0.2, 0) is 7.05 Å². The lowest BCUT2D eigenvalue weighted by molar-refractivity contribution is 0.102. The normalized spacial score (nSPS) is 10.3. The van der Waals surface area contributed by atoms with Gasteiger partial charge in [-0.3, -0.25) is 14.5 Å². The molecule has 5 nitrogen and oxygen atoms in total. The smallest absolute Gasteiger partial charge is 0.258 e. The maximum Gasteiger partial charge on any atom is 0.258 e. The zero-order valence-corrected chi connectivity index (χ0v) is 10.1. The molecular formula is C12H14N4O. The number of nitrogens with one attached hydrogen (secondary N) is 1. The van der Waals surface area contributed by atoms with Gasteiger partial charge < -0.3 is 5.32 Å². The third-order valence-electron chi connectivity index (χ3n) is 2.68. The number of hydrogen-bond acceptors (Lipinski definition) is 3. The van der Waals surface area contributed by atoms with Gasteiger partial charge in [-0.05, 0) is 26.0 Å². The lowest BCUT2D eigenvalue weighted by atomic mass is 10.2. The molecule has 5 heteroatoms. The van der Waals surface area contributed by atoms with Crippen molar-refractivity contribution in [2.24, 2.45) is 7.05 Å². The van der Waals surface area contributed by atoms with Crippen LogP contribution < -0.4 is 5.32 Å². The summed E-state index contributed by atoms with van der Waals surface area (Å²) in [5, 5.41) is 7.08. The minimum absolute atomic E-state index is 0.177. The molecule has 0 bridgehead atoms. The van der Waals surface area contributed by atoms with E-state index >= 15 is 0 Å². The number of anilines is 1. The average Bonchev–Trinajstić information content (AvgIpc) is 2.57. The number of aryl methyl sites for hydroxylation is 2. The minimum atomic E-state index is -0.177. The second-order valence-electron chi connectivity index (χ2n) is 3.88. The first-order valence-corrected chi connectivity index (χ1v) is 5.31. The fourth-order valence-electron chi connectivity index (χ4n) is 1.62. The summed E-state index contributed by atoms with van der Waals surface area (Å²) < 4.78 is 1.67. The van der Waals surface area contributed by atoms with E-state index in [2.05, 4.69) is 15.4 Å². The highest BCUT2D eigenvalue weighted by molar-refractivity contribution is 6.03. The molecule has 0 aliphatic heterocycles. The Morgan fingerprint density at radius 3 is 2.71 bits per heavy atom. The molecule has 0 saturated carbocycles. The molecular weight excluding hydrogens is 216 g/mol. The molecule has 2 rings (SSSR count). The zero-order chi connectivity index (χ0) is 12.4. The molecule has 88 valence electrons. The summed E-state index contributed by atoms with van der Waals surface area (Å²) in [6, 6.07) is 3.46. The Morgan fingerprint density at radius 2 is 2.18 bits per heavy atom. The van der Waals surface area contributed by atoms with Crippen molar-refractivity contribution in [1.82, 2.24) is 14.8 Å². The third kappa shape index (κ3) is 2.18. The second kappa shape index (κ2) is 4.37. The van der Waals surface area contributed by atoms with Crippen LogP contribution in [0.1, 0.15) is 21.6 Å². The van der Waals surface area contributed by atoms with Gasteiger partial charge in [0, 0.05) is 25.0 Å². The highest BCUT2D eigenvalue weighted by Crippen LogP contribution is 2.17. The van der Waals surface area contributed by atoms with Gasteiger partial charge >= 0.3 is 0 Å². The van der Waals surface area contributed by atoms with E-state index in [0.717, 1.165) is 17.1 Å². The Bertz CT molecular complexity index is 545. The van der Waals surface area contributed by atoms with E-state index in [1.54, 1.807) is 30.1 Å². The Kier molecular flexibility index (Phi) is 2.91. The maximum atomic E-state index is 11.9. The number of carbonyl (C=O) groups excluding carboxylic acids is 1. The van der Waals surface area contributed by atoms with Gasteiger partial charge in [0.15, 0.2) is 0 Å². The van der Waals surface area contributed by atoms with Gasteiger partial charge in [-0.25, -0.2) is 0 Å². The predicted octanol–water partition coefficient (Wildman–Crippen LogP) is 1.68. The fourth-order valence-corrected chi connectivity index (χ4v) is 1.62. The average molecular weight is 230 g/mol. The molecule has 0 fully saturated rings. The number of pyridine rings is 1. The first-order chi connectivity index (χ1) is 8.09. The quantitative estimate of drug-likeness (QED) is 0.854. The summed E-state index contributed by atoms with van der Waals surface area (Å²) in [7, 11) is 1.80. The molecule has 0 aliphatic rings. The van der Waals surface area contributed by atoms with Gasteiger partial charge in [-0.2, -0.15) is 5.10 Å². The molecule has 1 N–H and O–H groups in total. The highest BCUT2D eigenvalue weighted by Gasteiger charge is 2.13. The van der Waals surface area contributed by atoms with Crippen molar-refractivity contribution < 1.29 is 4.79 Å².